The zero-order valence-corrected chi connectivity index (χ0v) is 14.3. The predicted octanol–water partition coefficient (Wildman–Crippen LogP) is 4.16. The van der Waals surface area contributed by atoms with Gasteiger partial charge in [-0.05, 0) is 53.0 Å². The van der Waals surface area contributed by atoms with Crippen molar-refractivity contribution in [1.82, 2.24) is 5.32 Å². The third-order valence-corrected chi connectivity index (χ3v) is 4.65. The van der Waals surface area contributed by atoms with Crippen LogP contribution in [0.15, 0.2) is 40.2 Å². The van der Waals surface area contributed by atoms with Gasteiger partial charge in [0.1, 0.15) is 5.75 Å². The molecule has 0 bridgehead atoms. The largest absolute Gasteiger partial charge is 0.494 e. The summed E-state index contributed by atoms with van der Waals surface area (Å²) >= 11 is 5.04. The van der Waals surface area contributed by atoms with E-state index in [-0.39, 0.29) is 5.91 Å². The summed E-state index contributed by atoms with van der Waals surface area (Å²) in [6.45, 7) is 3.23. The molecule has 0 aliphatic heterocycles. The Labute approximate surface area is 137 Å². The third-order valence-electron chi connectivity index (χ3n) is 2.96. The summed E-state index contributed by atoms with van der Waals surface area (Å²) in [4.78, 5) is 13.0. The molecule has 5 heteroatoms. The van der Waals surface area contributed by atoms with Crippen molar-refractivity contribution in [2.75, 3.05) is 6.61 Å². The van der Waals surface area contributed by atoms with Crippen molar-refractivity contribution in [2.24, 2.45) is 0 Å². The van der Waals surface area contributed by atoms with Gasteiger partial charge in [-0.1, -0.05) is 12.1 Å². The Kier molecular flexibility index (Phi) is 6.26. The van der Waals surface area contributed by atoms with Gasteiger partial charge in [0.2, 0.25) is 5.91 Å². The first-order valence-electron chi connectivity index (χ1n) is 6.88. The number of thiophene rings is 1. The number of benzene rings is 1. The summed E-state index contributed by atoms with van der Waals surface area (Å²) < 4.78 is 6.46. The molecule has 0 fully saturated rings. The number of nitrogens with one attached hydrogen (secondary N) is 1. The highest BCUT2D eigenvalue weighted by Crippen LogP contribution is 2.19. The van der Waals surface area contributed by atoms with Gasteiger partial charge in [-0.3, -0.25) is 4.79 Å². The molecule has 0 saturated carbocycles. The number of hydrogen-bond donors (Lipinski definition) is 1. The first-order chi connectivity index (χ1) is 10.2. The van der Waals surface area contributed by atoms with E-state index in [0.29, 0.717) is 19.6 Å². The van der Waals surface area contributed by atoms with Crippen LogP contribution in [0, 0.1) is 0 Å². The molecule has 1 heterocycles. The van der Waals surface area contributed by atoms with E-state index < -0.39 is 0 Å². The molecule has 0 unspecified atom stereocenters. The molecule has 0 aliphatic rings. The molecule has 0 spiro atoms. The highest BCUT2D eigenvalue weighted by molar-refractivity contribution is 9.10. The van der Waals surface area contributed by atoms with Crippen molar-refractivity contribution < 1.29 is 9.53 Å². The van der Waals surface area contributed by atoms with Crippen molar-refractivity contribution in [3.05, 3.63) is 50.6 Å². The summed E-state index contributed by atoms with van der Waals surface area (Å²) in [5.74, 6) is 0.947. The maximum absolute atomic E-state index is 11.8. The van der Waals surface area contributed by atoms with Crippen molar-refractivity contribution in [3.63, 3.8) is 0 Å². The zero-order valence-electron chi connectivity index (χ0n) is 11.9. The fourth-order valence-corrected chi connectivity index (χ4v) is 3.29. The van der Waals surface area contributed by atoms with Crippen LogP contribution in [0.2, 0.25) is 0 Å². The molecule has 0 atom stereocenters. The molecule has 3 nitrogen and oxygen atoms in total. The lowest BCUT2D eigenvalue weighted by molar-refractivity contribution is -0.121. The van der Waals surface area contributed by atoms with Crippen molar-refractivity contribution in [3.8, 4) is 5.75 Å². The number of aryl methyl sites for hydroxylation is 1. The van der Waals surface area contributed by atoms with E-state index in [4.69, 9.17) is 4.74 Å². The molecular weight excluding hydrogens is 350 g/mol. The molecule has 1 aromatic heterocycles. The van der Waals surface area contributed by atoms with E-state index in [9.17, 15) is 4.79 Å². The quantitative estimate of drug-likeness (QED) is 0.797. The molecule has 112 valence electrons. The Hall–Kier alpha value is -1.33. The molecule has 2 aromatic rings. The lowest BCUT2D eigenvalue weighted by atomic mass is 10.1. The second-order valence-electron chi connectivity index (χ2n) is 4.58. The van der Waals surface area contributed by atoms with Crippen LogP contribution in [0.1, 0.15) is 23.8 Å². The monoisotopic (exact) mass is 367 g/mol. The van der Waals surface area contributed by atoms with Gasteiger partial charge in [-0.15, -0.1) is 11.3 Å². The Bertz CT molecular complexity index is 580. The second kappa shape index (κ2) is 8.20. The zero-order chi connectivity index (χ0) is 15.1. The van der Waals surface area contributed by atoms with E-state index in [2.05, 4.69) is 21.2 Å². The summed E-state index contributed by atoms with van der Waals surface area (Å²) in [6, 6.07) is 9.93. The first-order valence-corrected chi connectivity index (χ1v) is 8.56. The normalized spacial score (nSPS) is 10.4. The van der Waals surface area contributed by atoms with Crippen LogP contribution < -0.4 is 10.1 Å². The fourth-order valence-electron chi connectivity index (χ4n) is 1.90. The Morgan fingerprint density at radius 3 is 2.71 bits per heavy atom. The standard InChI is InChI=1S/C16H18BrNO2S/c1-2-20-14-6-3-12(4-7-14)5-8-16(19)18-10-15-9-13(17)11-21-15/h3-4,6-7,9,11H,2,5,8,10H2,1H3,(H,18,19). The van der Waals surface area contributed by atoms with Crippen LogP contribution >= 0.6 is 27.3 Å². The number of rotatable bonds is 7. The maximum atomic E-state index is 11.8. The molecule has 1 N–H and O–H groups in total. The van der Waals surface area contributed by atoms with Crippen molar-refractivity contribution in [2.45, 2.75) is 26.3 Å². The summed E-state index contributed by atoms with van der Waals surface area (Å²) in [5.41, 5.74) is 1.15. The highest BCUT2D eigenvalue weighted by atomic mass is 79.9. The molecular formula is C16H18BrNO2S. The molecule has 1 amide bonds. The first kappa shape index (κ1) is 16.0. The molecule has 2 rings (SSSR count). The highest BCUT2D eigenvalue weighted by Gasteiger charge is 2.04. The van der Waals surface area contributed by atoms with Crippen LogP contribution in [-0.2, 0) is 17.8 Å². The van der Waals surface area contributed by atoms with Gasteiger partial charge >= 0.3 is 0 Å². The number of halogens is 1. The lowest BCUT2D eigenvalue weighted by Gasteiger charge is -2.06. The fraction of sp³-hybridized carbons (Fsp3) is 0.312. The molecule has 21 heavy (non-hydrogen) atoms. The number of hydrogen-bond acceptors (Lipinski definition) is 3. The van der Waals surface area contributed by atoms with Crippen LogP contribution in [-0.4, -0.2) is 12.5 Å². The Morgan fingerprint density at radius 2 is 2.10 bits per heavy atom. The lowest BCUT2D eigenvalue weighted by Crippen LogP contribution is -2.22. The van der Waals surface area contributed by atoms with Crippen molar-refractivity contribution >= 4 is 33.2 Å². The second-order valence-corrected chi connectivity index (χ2v) is 6.50. The average molecular weight is 368 g/mol. The van der Waals surface area contributed by atoms with Gasteiger partial charge in [-0.2, -0.15) is 0 Å². The smallest absolute Gasteiger partial charge is 0.220 e. The number of amides is 1. The minimum Gasteiger partial charge on any atom is -0.494 e. The van der Waals surface area contributed by atoms with E-state index in [1.807, 2.05) is 42.6 Å². The number of carbonyl (C=O) groups is 1. The van der Waals surface area contributed by atoms with E-state index >= 15 is 0 Å². The molecule has 0 saturated heterocycles. The van der Waals surface area contributed by atoms with Crippen LogP contribution in [0.5, 0.6) is 5.75 Å². The predicted molar refractivity (Wildman–Crippen MR) is 89.8 cm³/mol. The molecule has 1 aromatic carbocycles. The van der Waals surface area contributed by atoms with Crippen LogP contribution in [0.4, 0.5) is 0 Å². The minimum atomic E-state index is 0.0772. The van der Waals surface area contributed by atoms with Gasteiger partial charge < -0.3 is 10.1 Å². The van der Waals surface area contributed by atoms with Gasteiger partial charge in [0.25, 0.3) is 0 Å². The summed E-state index contributed by atoms with van der Waals surface area (Å²) in [7, 11) is 0. The summed E-state index contributed by atoms with van der Waals surface area (Å²) in [5, 5.41) is 4.96. The van der Waals surface area contributed by atoms with Crippen LogP contribution in [0.3, 0.4) is 0 Å². The van der Waals surface area contributed by atoms with Crippen LogP contribution in [0.25, 0.3) is 0 Å². The maximum Gasteiger partial charge on any atom is 0.220 e. The number of carbonyl (C=O) groups excluding carboxylic acids is 1. The van der Waals surface area contributed by atoms with Gasteiger partial charge in [-0.25, -0.2) is 0 Å². The van der Waals surface area contributed by atoms with E-state index in [0.717, 1.165) is 27.1 Å². The van der Waals surface area contributed by atoms with Gasteiger partial charge in [0, 0.05) is 21.2 Å². The third kappa shape index (κ3) is 5.52. The minimum absolute atomic E-state index is 0.0772. The van der Waals surface area contributed by atoms with E-state index in [1.54, 1.807) is 11.3 Å². The Balaban J connectivity index is 1.73. The molecule has 0 radical (unpaired) electrons. The van der Waals surface area contributed by atoms with Gasteiger partial charge in [0.15, 0.2) is 0 Å². The number of ether oxygens (including phenoxy) is 1. The molecule has 0 aliphatic carbocycles. The van der Waals surface area contributed by atoms with E-state index in [1.165, 1.54) is 0 Å². The average Bonchev–Trinajstić information content (AvgIpc) is 2.90. The van der Waals surface area contributed by atoms with Gasteiger partial charge in [0.05, 0.1) is 13.2 Å². The Morgan fingerprint density at radius 1 is 1.33 bits per heavy atom. The SMILES string of the molecule is CCOc1ccc(CCC(=O)NCc2cc(Br)cs2)cc1. The van der Waals surface area contributed by atoms with Crippen molar-refractivity contribution in [1.29, 1.82) is 0 Å². The topological polar surface area (TPSA) is 38.3 Å². The summed E-state index contributed by atoms with van der Waals surface area (Å²) in [6.07, 6.45) is 1.24.